The van der Waals surface area contributed by atoms with E-state index in [2.05, 4.69) is 4.98 Å². The van der Waals surface area contributed by atoms with E-state index in [0.29, 0.717) is 23.9 Å². The van der Waals surface area contributed by atoms with Crippen LogP contribution in [0.4, 0.5) is 0 Å². The summed E-state index contributed by atoms with van der Waals surface area (Å²) in [6.45, 7) is 0.356. The number of rotatable bonds is 4. The second kappa shape index (κ2) is 5.46. The van der Waals surface area contributed by atoms with Crippen molar-refractivity contribution in [2.24, 2.45) is 7.05 Å². The Balaban J connectivity index is 2.14. The predicted molar refractivity (Wildman–Crippen MR) is 65.3 cm³/mol. The number of ether oxygens (including phenoxy) is 2. The molecule has 0 atom stereocenters. The third-order valence-electron chi connectivity index (χ3n) is 2.52. The van der Waals surface area contributed by atoms with E-state index in [9.17, 15) is 4.79 Å². The molecule has 1 heterocycles. The van der Waals surface area contributed by atoms with Crippen LogP contribution in [0.2, 0.25) is 0 Å². The molecular formula is C13H14N2O3. The molecule has 0 radical (unpaired) electrons. The van der Waals surface area contributed by atoms with E-state index in [1.807, 2.05) is 18.2 Å². The van der Waals surface area contributed by atoms with E-state index in [1.54, 1.807) is 30.9 Å². The van der Waals surface area contributed by atoms with Crippen LogP contribution in [0, 0.1) is 0 Å². The van der Waals surface area contributed by atoms with Crippen LogP contribution in [-0.4, -0.2) is 22.6 Å². The molecule has 2 rings (SSSR count). The molecule has 0 aliphatic heterocycles. The van der Waals surface area contributed by atoms with Gasteiger partial charge in [0.05, 0.1) is 6.20 Å². The molecule has 0 N–H and O–H groups in total. The lowest BCUT2D eigenvalue weighted by Gasteiger charge is -2.05. The Labute approximate surface area is 105 Å². The van der Waals surface area contributed by atoms with Crippen molar-refractivity contribution >= 4 is 5.97 Å². The molecule has 0 spiro atoms. The number of benzene rings is 1. The molecule has 0 saturated carbocycles. The molecule has 94 valence electrons. The molecule has 18 heavy (non-hydrogen) atoms. The molecule has 0 fully saturated rings. The number of para-hydroxylation sites is 1. The summed E-state index contributed by atoms with van der Waals surface area (Å²) in [7, 11) is 3.33. The van der Waals surface area contributed by atoms with Crippen LogP contribution in [0.1, 0.15) is 16.3 Å². The van der Waals surface area contributed by atoms with Crippen LogP contribution in [0.15, 0.2) is 36.5 Å². The van der Waals surface area contributed by atoms with Crippen molar-refractivity contribution in [2.75, 3.05) is 7.11 Å². The maximum absolute atomic E-state index is 11.9. The lowest BCUT2D eigenvalue weighted by molar-refractivity contribution is 0.0723. The molecule has 5 nitrogen and oxygen atoms in total. The number of hydrogen-bond acceptors (Lipinski definition) is 4. The van der Waals surface area contributed by atoms with Gasteiger partial charge in [-0.3, -0.25) is 0 Å². The van der Waals surface area contributed by atoms with E-state index in [-0.39, 0.29) is 0 Å². The number of carbonyl (C=O) groups is 1. The molecule has 0 amide bonds. The largest absolute Gasteiger partial charge is 0.422 e. The van der Waals surface area contributed by atoms with Crippen LogP contribution in [0.25, 0.3) is 0 Å². The summed E-state index contributed by atoms with van der Waals surface area (Å²) < 4.78 is 11.9. The zero-order chi connectivity index (χ0) is 13.0. The first-order valence-electron chi connectivity index (χ1n) is 5.49. The quantitative estimate of drug-likeness (QED) is 0.609. The van der Waals surface area contributed by atoms with E-state index >= 15 is 0 Å². The first-order chi connectivity index (χ1) is 8.72. The SMILES string of the molecule is COCc1ncc(C(=O)Oc2ccccc2)n1C. The predicted octanol–water partition coefficient (Wildman–Crippen LogP) is 1.79. The monoisotopic (exact) mass is 246 g/mol. The summed E-state index contributed by atoms with van der Waals surface area (Å²) in [4.78, 5) is 16.0. The van der Waals surface area contributed by atoms with Crippen molar-refractivity contribution in [3.63, 3.8) is 0 Å². The van der Waals surface area contributed by atoms with Gasteiger partial charge in [0, 0.05) is 14.2 Å². The van der Waals surface area contributed by atoms with Crippen molar-refractivity contribution in [3.05, 3.63) is 48.0 Å². The van der Waals surface area contributed by atoms with E-state index in [0.717, 1.165) is 0 Å². The average molecular weight is 246 g/mol. The maximum atomic E-state index is 11.9. The van der Waals surface area contributed by atoms with Crippen LogP contribution < -0.4 is 4.74 Å². The van der Waals surface area contributed by atoms with Crippen molar-refractivity contribution in [2.45, 2.75) is 6.61 Å². The van der Waals surface area contributed by atoms with Gasteiger partial charge in [-0.25, -0.2) is 9.78 Å². The van der Waals surface area contributed by atoms with Crippen LogP contribution in [-0.2, 0) is 18.4 Å². The zero-order valence-corrected chi connectivity index (χ0v) is 10.3. The van der Waals surface area contributed by atoms with Crippen LogP contribution >= 0.6 is 0 Å². The smallest absolute Gasteiger partial charge is 0.362 e. The molecule has 5 heteroatoms. The summed E-state index contributed by atoms with van der Waals surface area (Å²) in [5, 5.41) is 0. The molecule has 0 unspecified atom stereocenters. The zero-order valence-electron chi connectivity index (χ0n) is 10.3. The van der Waals surface area contributed by atoms with Gasteiger partial charge in [-0.05, 0) is 12.1 Å². The lowest BCUT2D eigenvalue weighted by atomic mass is 10.3. The number of nitrogens with zero attached hydrogens (tertiary/aromatic N) is 2. The highest BCUT2D eigenvalue weighted by atomic mass is 16.5. The minimum atomic E-state index is -0.432. The molecule has 0 bridgehead atoms. The van der Waals surface area contributed by atoms with E-state index in [1.165, 1.54) is 6.20 Å². The Bertz CT molecular complexity index is 534. The first-order valence-corrected chi connectivity index (χ1v) is 5.49. The fourth-order valence-corrected chi connectivity index (χ4v) is 1.55. The van der Waals surface area contributed by atoms with Gasteiger partial charge in [-0.2, -0.15) is 0 Å². The number of esters is 1. The third-order valence-corrected chi connectivity index (χ3v) is 2.52. The normalized spacial score (nSPS) is 10.3. The van der Waals surface area contributed by atoms with Gasteiger partial charge in [0.1, 0.15) is 23.9 Å². The molecule has 0 saturated heterocycles. The lowest BCUT2D eigenvalue weighted by Crippen LogP contribution is -2.14. The highest BCUT2D eigenvalue weighted by Crippen LogP contribution is 2.12. The molecule has 1 aromatic heterocycles. The molecule has 0 aliphatic carbocycles. The summed E-state index contributed by atoms with van der Waals surface area (Å²) >= 11 is 0. The van der Waals surface area contributed by atoms with Gasteiger partial charge < -0.3 is 14.0 Å². The standard InChI is InChI=1S/C13H14N2O3/c1-15-11(8-14-12(15)9-17-2)13(16)18-10-6-4-3-5-7-10/h3-8H,9H2,1-2H3. The van der Waals surface area contributed by atoms with Crippen molar-refractivity contribution in [1.29, 1.82) is 0 Å². The number of imidazole rings is 1. The van der Waals surface area contributed by atoms with Crippen molar-refractivity contribution in [3.8, 4) is 5.75 Å². The van der Waals surface area contributed by atoms with Gasteiger partial charge in [0.2, 0.25) is 0 Å². The van der Waals surface area contributed by atoms with Crippen molar-refractivity contribution < 1.29 is 14.3 Å². The van der Waals surface area contributed by atoms with Crippen molar-refractivity contribution in [1.82, 2.24) is 9.55 Å². The average Bonchev–Trinajstić information content (AvgIpc) is 2.73. The first kappa shape index (κ1) is 12.3. The van der Waals surface area contributed by atoms with Gasteiger partial charge in [0.25, 0.3) is 0 Å². The Morgan fingerprint density at radius 2 is 2.06 bits per heavy atom. The second-order valence-electron chi connectivity index (χ2n) is 3.75. The minimum Gasteiger partial charge on any atom is -0.422 e. The topological polar surface area (TPSA) is 53.4 Å². The van der Waals surface area contributed by atoms with Gasteiger partial charge in [0.15, 0.2) is 0 Å². The number of methoxy groups -OCH3 is 1. The third kappa shape index (κ3) is 2.57. The molecule has 2 aromatic rings. The summed E-state index contributed by atoms with van der Waals surface area (Å²) in [6.07, 6.45) is 1.49. The Morgan fingerprint density at radius 1 is 1.33 bits per heavy atom. The Kier molecular flexibility index (Phi) is 3.74. The van der Waals surface area contributed by atoms with E-state index < -0.39 is 5.97 Å². The second-order valence-corrected chi connectivity index (χ2v) is 3.75. The number of hydrogen-bond donors (Lipinski definition) is 0. The maximum Gasteiger partial charge on any atom is 0.362 e. The minimum absolute atomic E-state index is 0.356. The summed E-state index contributed by atoms with van der Waals surface area (Å²) in [6, 6.07) is 8.93. The molecular weight excluding hydrogens is 232 g/mol. The Morgan fingerprint density at radius 3 is 2.72 bits per heavy atom. The molecule has 1 aromatic carbocycles. The van der Waals surface area contributed by atoms with Gasteiger partial charge in [-0.15, -0.1) is 0 Å². The van der Waals surface area contributed by atoms with E-state index in [4.69, 9.17) is 9.47 Å². The Hall–Kier alpha value is -2.14. The highest BCUT2D eigenvalue weighted by molar-refractivity contribution is 5.89. The number of aromatic nitrogens is 2. The number of carbonyl (C=O) groups excluding carboxylic acids is 1. The fraction of sp³-hybridized carbons (Fsp3) is 0.231. The summed E-state index contributed by atoms with van der Waals surface area (Å²) in [5.74, 6) is 0.757. The van der Waals surface area contributed by atoms with Crippen LogP contribution in [0.5, 0.6) is 5.75 Å². The van der Waals surface area contributed by atoms with Gasteiger partial charge in [-0.1, -0.05) is 18.2 Å². The fourth-order valence-electron chi connectivity index (χ4n) is 1.55. The molecule has 0 aliphatic rings. The van der Waals surface area contributed by atoms with Crippen LogP contribution in [0.3, 0.4) is 0 Å². The summed E-state index contributed by atoms with van der Waals surface area (Å²) in [5.41, 5.74) is 0.394. The highest BCUT2D eigenvalue weighted by Gasteiger charge is 2.15. The van der Waals surface area contributed by atoms with Gasteiger partial charge >= 0.3 is 5.97 Å².